The zero-order valence-corrected chi connectivity index (χ0v) is 10.8. The third-order valence-electron chi connectivity index (χ3n) is 2.64. The molecule has 3 nitrogen and oxygen atoms in total. The van der Waals surface area contributed by atoms with Gasteiger partial charge in [0.05, 0.1) is 0 Å². The SMILES string of the molecule is CC(NC(=O)c1ccnc(Cl)c1)C(C)(C)C. The summed E-state index contributed by atoms with van der Waals surface area (Å²) in [6.45, 7) is 8.23. The molecule has 1 rings (SSSR count). The monoisotopic (exact) mass is 240 g/mol. The molecule has 0 radical (unpaired) electrons. The van der Waals surface area contributed by atoms with Gasteiger partial charge in [0, 0.05) is 17.8 Å². The fraction of sp³-hybridized carbons (Fsp3) is 0.500. The summed E-state index contributed by atoms with van der Waals surface area (Å²) < 4.78 is 0. The molecule has 0 aliphatic heterocycles. The van der Waals surface area contributed by atoms with Crippen molar-refractivity contribution >= 4 is 17.5 Å². The fourth-order valence-corrected chi connectivity index (χ4v) is 1.21. The first kappa shape index (κ1) is 13.0. The molecule has 1 N–H and O–H groups in total. The van der Waals surface area contributed by atoms with E-state index in [1.54, 1.807) is 12.1 Å². The van der Waals surface area contributed by atoms with E-state index in [9.17, 15) is 4.79 Å². The molecule has 0 aliphatic rings. The molecule has 0 aliphatic carbocycles. The lowest BCUT2D eigenvalue weighted by molar-refractivity contribution is 0.0910. The van der Waals surface area contributed by atoms with Crippen LogP contribution in [0.25, 0.3) is 0 Å². The maximum Gasteiger partial charge on any atom is 0.251 e. The third-order valence-corrected chi connectivity index (χ3v) is 2.84. The third kappa shape index (κ3) is 3.49. The Bertz CT molecular complexity index is 385. The first-order valence-electron chi connectivity index (χ1n) is 5.23. The fourth-order valence-electron chi connectivity index (χ4n) is 1.04. The van der Waals surface area contributed by atoms with Gasteiger partial charge in [-0.3, -0.25) is 4.79 Å². The lowest BCUT2D eigenvalue weighted by Crippen LogP contribution is -2.41. The van der Waals surface area contributed by atoms with Crippen molar-refractivity contribution in [2.45, 2.75) is 33.7 Å². The molecule has 0 aromatic carbocycles. The van der Waals surface area contributed by atoms with Gasteiger partial charge in [-0.1, -0.05) is 32.4 Å². The molecule has 0 spiro atoms. The summed E-state index contributed by atoms with van der Waals surface area (Å²) in [6.07, 6.45) is 1.53. The summed E-state index contributed by atoms with van der Waals surface area (Å²) in [7, 11) is 0. The maximum atomic E-state index is 11.9. The highest BCUT2D eigenvalue weighted by Gasteiger charge is 2.22. The average molecular weight is 241 g/mol. The minimum Gasteiger partial charge on any atom is -0.349 e. The van der Waals surface area contributed by atoms with Crippen LogP contribution in [0.1, 0.15) is 38.1 Å². The summed E-state index contributed by atoms with van der Waals surface area (Å²) in [6, 6.07) is 3.30. The highest BCUT2D eigenvalue weighted by molar-refractivity contribution is 6.29. The van der Waals surface area contributed by atoms with Crippen molar-refractivity contribution in [2.24, 2.45) is 5.41 Å². The van der Waals surface area contributed by atoms with Crippen LogP contribution in [0.15, 0.2) is 18.3 Å². The van der Waals surface area contributed by atoms with Crippen LogP contribution in [0.4, 0.5) is 0 Å². The van der Waals surface area contributed by atoms with Crippen LogP contribution in [-0.4, -0.2) is 16.9 Å². The number of carbonyl (C=O) groups excluding carboxylic acids is 1. The first-order chi connectivity index (χ1) is 7.30. The Morgan fingerprint density at radius 3 is 2.62 bits per heavy atom. The van der Waals surface area contributed by atoms with Crippen molar-refractivity contribution in [3.8, 4) is 0 Å². The smallest absolute Gasteiger partial charge is 0.251 e. The molecule has 1 unspecified atom stereocenters. The van der Waals surface area contributed by atoms with Crippen molar-refractivity contribution in [3.63, 3.8) is 0 Å². The summed E-state index contributed by atoms with van der Waals surface area (Å²) in [5, 5.41) is 3.27. The maximum absolute atomic E-state index is 11.9. The lowest BCUT2D eigenvalue weighted by atomic mass is 9.88. The summed E-state index contributed by atoms with van der Waals surface area (Å²) in [5.41, 5.74) is 0.572. The molecule has 4 heteroatoms. The molecule has 88 valence electrons. The van der Waals surface area contributed by atoms with Crippen LogP contribution in [0.2, 0.25) is 5.15 Å². The number of carbonyl (C=O) groups is 1. The molecule has 0 fully saturated rings. The van der Waals surface area contributed by atoms with E-state index in [1.807, 2.05) is 6.92 Å². The Hall–Kier alpha value is -1.09. The van der Waals surface area contributed by atoms with Crippen molar-refractivity contribution in [3.05, 3.63) is 29.0 Å². The van der Waals surface area contributed by atoms with Gasteiger partial charge in [0.2, 0.25) is 0 Å². The van der Waals surface area contributed by atoms with Crippen molar-refractivity contribution < 1.29 is 4.79 Å². The quantitative estimate of drug-likeness (QED) is 0.808. The van der Waals surface area contributed by atoms with Crippen LogP contribution in [0, 0.1) is 5.41 Å². The van der Waals surface area contributed by atoms with Gasteiger partial charge in [-0.05, 0) is 24.5 Å². The number of nitrogens with one attached hydrogen (secondary N) is 1. The van der Waals surface area contributed by atoms with Crippen LogP contribution < -0.4 is 5.32 Å². The lowest BCUT2D eigenvalue weighted by Gasteiger charge is -2.28. The molecule has 1 atom stereocenters. The van der Waals surface area contributed by atoms with E-state index < -0.39 is 0 Å². The largest absolute Gasteiger partial charge is 0.349 e. The van der Waals surface area contributed by atoms with Crippen LogP contribution in [-0.2, 0) is 0 Å². The standard InChI is InChI=1S/C12H17ClN2O/c1-8(12(2,3)4)15-11(16)9-5-6-14-10(13)7-9/h5-8H,1-4H3,(H,15,16). The van der Waals surface area contributed by atoms with Gasteiger partial charge in [0.1, 0.15) is 5.15 Å². The Balaban J connectivity index is 2.74. The number of hydrogen-bond donors (Lipinski definition) is 1. The molecule has 1 aromatic rings. The van der Waals surface area contributed by atoms with Crippen LogP contribution >= 0.6 is 11.6 Å². The first-order valence-corrected chi connectivity index (χ1v) is 5.61. The summed E-state index contributed by atoms with van der Waals surface area (Å²) in [5.74, 6) is -0.119. The van der Waals surface area contributed by atoms with E-state index in [2.05, 4.69) is 31.1 Å². The zero-order valence-electron chi connectivity index (χ0n) is 10.0. The van der Waals surface area contributed by atoms with Crippen molar-refractivity contribution in [1.82, 2.24) is 10.3 Å². The number of amides is 1. The number of nitrogens with zero attached hydrogens (tertiary/aromatic N) is 1. The van der Waals surface area contributed by atoms with E-state index in [0.29, 0.717) is 10.7 Å². The van der Waals surface area contributed by atoms with E-state index in [0.717, 1.165) is 0 Å². The van der Waals surface area contributed by atoms with Gasteiger partial charge in [-0.2, -0.15) is 0 Å². The van der Waals surface area contributed by atoms with Crippen LogP contribution in [0.5, 0.6) is 0 Å². The highest BCUT2D eigenvalue weighted by Crippen LogP contribution is 2.19. The van der Waals surface area contributed by atoms with Gasteiger partial charge in [0.25, 0.3) is 5.91 Å². The minimum atomic E-state index is -0.119. The Morgan fingerprint density at radius 1 is 1.50 bits per heavy atom. The summed E-state index contributed by atoms with van der Waals surface area (Å²) >= 11 is 5.72. The molecule has 1 aromatic heterocycles. The normalized spacial score (nSPS) is 13.3. The molecule has 1 heterocycles. The topological polar surface area (TPSA) is 42.0 Å². The Kier molecular flexibility index (Phi) is 3.92. The number of hydrogen-bond acceptors (Lipinski definition) is 2. The van der Waals surface area contributed by atoms with E-state index in [4.69, 9.17) is 11.6 Å². The molecular formula is C12H17ClN2O. The summed E-state index contributed by atoms with van der Waals surface area (Å²) in [4.78, 5) is 15.7. The molecule has 0 bridgehead atoms. The van der Waals surface area contributed by atoms with Crippen molar-refractivity contribution in [1.29, 1.82) is 0 Å². The highest BCUT2D eigenvalue weighted by atomic mass is 35.5. The second-order valence-electron chi connectivity index (χ2n) is 4.93. The number of pyridine rings is 1. The Labute approximate surface area is 101 Å². The number of halogens is 1. The average Bonchev–Trinajstić information content (AvgIpc) is 2.16. The molecule has 16 heavy (non-hydrogen) atoms. The second-order valence-corrected chi connectivity index (χ2v) is 5.32. The predicted octanol–water partition coefficient (Wildman–Crippen LogP) is 2.90. The van der Waals surface area contributed by atoms with Gasteiger partial charge in [-0.25, -0.2) is 4.98 Å². The number of aromatic nitrogens is 1. The molecule has 1 amide bonds. The zero-order chi connectivity index (χ0) is 12.3. The van der Waals surface area contributed by atoms with Gasteiger partial charge in [-0.15, -0.1) is 0 Å². The van der Waals surface area contributed by atoms with Crippen LogP contribution in [0.3, 0.4) is 0 Å². The minimum absolute atomic E-state index is 0.0342. The molecule has 0 saturated carbocycles. The van der Waals surface area contributed by atoms with E-state index in [1.165, 1.54) is 6.20 Å². The second kappa shape index (κ2) is 4.83. The predicted molar refractivity (Wildman–Crippen MR) is 65.6 cm³/mol. The van der Waals surface area contributed by atoms with E-state index in [-0.39, 0.29) is 17.4 Å². The van der Waals surface area contributed by atoms with Gasteiger partial charge in [0.15, 0.2) is 0 Å². The number of rotatable bonds is 2. The van der Waals surface area contributed by atoms with Crippen molar-refractivity contribution in [2.75, 3.05) is 0 Å². The van der Waals surface area contributed by atoms with E-state index >= 15 is 0 Å². The molecular weight excluding hydrogens is 224 g/mol. The van der Waals surface area contributed by atoms with Gasteiger partial charge >= 0.3 is 0 Å². The Morgan fingerprint density at radius 2 is 2.12 bits per heavy atom. The molecule has 0 saturated heterocycles. The van der Waals surface area contributed by atoms with Gasteiger partial charge < -0.3 is 5.32 Å².